The van der Waals surface area contributed by atoms with E-state index < -0.39 is 13.1 Å². The zero-order valence-corrected chi connectivity index (χ0v) is 9.99. The average molecular weight is 313 g/mol. The number of rotatable bonds is 1. The van der Waals surface area contributed by atoms with E-state index >= 15 is 0 Å². The fourth-order valence-electron chi connectivity index (χ4n) is 0.689. The van der Waals surface area contributed by atoms with E-state index in [-0.39, 0.29) is 20.4 Å². The first-order chi connectivity index (χ1) is 7.07. The fourth-order valence-corrected chi connectivity index (χ4v) is 0.689. The topological polar surface area (TPSA) is 90.6 Å². The molecule has 0 atom stereocenters. The van der Waals surface area contributed by atoms with Crippen molar-refractivity contribution in [3.63, 3.8) is 0 Å². The normalized spacial score (nSPS) is 7.38. The van der Waals surface area contributed by atoms with E-state index in [1.54, 1.807) is 24.3 Å². The van der Waals surface area contributed by atoms with Crippen LogP contribution in [0.15, 0.2) is 30.3 Å². The van der Waals surface area contributed by atoms with Gasteiger partial charge in [-0.05, 0) is 5.46 Å². The van der Waals surface area contributed by atoms with Crippen molar-refractivity contribution in [3.8, 4) is 6.26 Å². The molecule has 0 bridgehead atoms. The molecule has 88 valence electrons. The molecule has 0 aliphatic rings. The zero-order valence-electron chi connectivity index (χ0n) is 8.44. The summed E-state index contributed by atoms with van der Waals surface area (Å²) in [5, 5.41) is 24.7. The quantitative estimate of drug-likeness (QED) is 0.410. The van der Waals surface area contributed by atoms with Crippen LogP contribution in [0.4, 0.5) is 0 Å². The molecule has 1 aromatic carbocycles. The molecule has 1 aromatic rings. The van der Waals surface area contributed by atoms with Gasteiger partial charge in [0, 0.05) is 27.3 Å². The van der Waals surface area contributed by atoms with Crippen LogP contribution in [-0.4, -0.2) is 23.1 Å². The molecule has 0 unspecified atom stereocenters. The number of carbonyl (C=O) groups excluding carboxylic acids is 1. The zero-order chi connectivity index (χ0) is 11.7. The van der Waals surface area contributed by atoms with Gasteiger partial charge >= 0.3 is 13.1 Å². The van der Waals surface area contributed by atoms with Crippen molar-refractivity contribution in [1.82, 2.24) is 0 Å². The van der Waals surface area contributed by atoms with E-state index in [0.29, 0.717) is 5.46 Å². The predicted octanol–water partition coefficient (Wildman–Crippen LogP) is -0.606. The molecular weight excluding hydrogens is 303 g/mol. The van der Waals surface area contributed by atoms with Gasteiger partial charge in [0.15, 0.2) is 0 Å². The number of nitrogens with zero attached hydrogens (tertiary/aromatic N) is 1. The van der Waals surface area contributed by atoms with E-state index in [9.17, 15) is 4.79 Å². The molecule has 16 heavy (non-hydrogen) atoms. The van der Waals surface area contributed by atoms with Gasteiger partial charge in [0.25, 0.3) is 6.26 Å². The Balaban J connectivity index is 0. The second kappa shape index (κ2) is 10.3. The molecular formula is C9H10BNO4Pd. The Bertz CT molecular complexity index is 339. The minimum atomic E-state index is -1.34. The summed E-state index contributed by atoms with van der Waals surface area (Å²) in [5.74, 6) is -0.572. The minimum Gasteiger partial charge on any atom is -0.423 e. The Labute approximate surface area is 107 Å². The first kappa shape index (κ1) is 17.2. The fraction of sp³-hybridized carbons (Fsp3) is 0.111. The van der Waals surface area contributed by atoms with Gasteiger partial charge in [0.1, 0.15) is 0 Å². The summed E-state index contributed by atoms with van der Waals surface area (Å²) in [6.07, 6.45) is 1.22. The number of ether oxygens (including phenoxy) is 1. The molecule has 2 N–H and O–H groups in total. The minimum absolute atomic E-state index is 0. The Morgan fingerprint density at radius 2 is 1.88 bits per heavy atom. The molecule has 0 saturated carbocycles. The summed E-state index contributed by atoms with van der Waals surface area (Å²) in [7, 11) is -1.34. The van der Waals surface area contributed by atoms with Gasteiger partial charge in [-0.3, -0.25) is 4.79 Å². The summed E-state index contributed by atoms with van der Waals surface area (Å²) in [6, 6.07) is 8.66. The Kier molecular flexibility index (Phi) is 11.1. The van der Waals surface area contributed by atoms with Crippen LogP contribution < -0.4 is 5.46 Å². The van der Waals surface area contributed by atoms with Crippen LogP contribution in [0.3, 0.4) is 0 Å². The Morgan fingerprint density at radius 3 is 2.06 bits per heavy atom. The molecule has 0 amide bonds. The van der Waals surface area contributed by atoms with Crippen LogP contribution in [0, 0.1) is 11.5 Å². The number of hydrogen-bond acceptors (Lipinski definition) is 5. The van der Waals surface area contributed by atoms with Gasteiger partial charge in [0.2, 0.25) is 0 Å². The van der Waals surface area contributed by atoms with Gasteiger partial charge < -0.3 is 14.8 Å². The number of carbonyl (C=O) groups is 1. The van der Waals surface area contributed by atoms with Crippen LogP contribution in [0.2, 0.25) is 0 Å². The molecule has 0 saturated heterocycles. The molecule has 0 aliphatic carbocycles. The van der Waals surface area contributed by atoms with E-state index in [4.69, 9.17) is 15.3 Å². The van der Waals surface area contributed by atoms with Crippen LogP contribution in [-0.2, 0) is 30.0 Å². The second-order valence-corrected chi connectivity index (χ2v) is 2.47. The predicted molar refractivity (Wildman–Crippen MR) is 53.6 cm³/mol. The van der Waals surface area contributed by atoms with Gasteiger partial charge in [-0.15, -0.1) is 5.26 Å². The molecule has 0 aromatic heterocycles. The maximum atomic E-state index is 9.60. The number of hydrogen-bond donors (Lipinski definition) is 2. The van der Waals surface area contributed by atoms with Crippen LogP contribution >= 0.6 is 0 Å². The van der Waals surface area contributed by atoms with Crippen molar-refractivity contribution in [2.75, 3.05) is 0 Å². The largest absolute Gasteiger partial charge is 0.488 e. The average Bonchev–Trinajstić information content (AvgIpc) is 2.20. The third-order valence-electron chi connectivity index (χ3n) is 1.29. The third-order valence-corrected chi connectivity index (χ3v) is 1.29. The maximum Gasteiger partial charge on any atom is 0.488 e. The molecule has 0 heterocycles. The second-order valence-electron chi connectivity index (χ2n) is 2.47. The van der Waals surface area contributed by atoms with E-state index in [1.165, 1.54) is 13.2 Å². The smallest absolute Gasteiger partial charge is 0.423 e. The number of esters is 1. The van der Waals surface area contributed by atoms with Crippen molar-refractivity contribution in [3.05, 3.63) is 30.3 Å². The first-order valence-corrected chi connectivity index (χ1v) is 4.05. The van der Waals surface area contributed by atoms with Crippen molar-refractivity contribution in [2.45, 2.75) is 6.92 Å². The van der Waals surface area contributed by atoms with E-state index in [2.05, 4.69) is 4.74 Å². The Hall–Kier alpha value is -1.17. The summed E-state index contributed by atoms with van der Waals surface area (Å²) in [4.78, 5) is 9.60. The number of benzene rings is 1. The molecule has 0 spiro atoms. The van der Waals surface area contributed by atoms with E-state index in [0.717, 1.165) is 0 Å². The summed E-state index contributed by atoms with van der Waals surface area (Å²) < 4.78 is 3.71. The van der Waals surface area contributed by atoms with Gasteiger partial charge in [-0.25, -0.2) is 0 Å². The van der Waals surface area contributed by atoms with Crippen LogP contribution in [0.25, 0.3) is 0 Å². The Morgan fingerprint density at radius 1 is 1.38 bits per heavy atom. The van der Waals surface area contributed by atoms with Crippen molar-refractivity contribution in [1.29, 1.82) is 5.26 Å². The van der Waals surface area contributed by atoms with Gasteiger partial charge in [-0.1, -0.05) is 30.3 Å². The van der Waals surface area contributed by atoms with Crippen molar-refractivity contribution < 1.29 is 40.0 Å². The summed E-state index contributed by atoms with van der Waals surface area (Å²) in [6.45, 7) is 1.17. The van der Waals surface area contributed by atoms with Gasteiger partial charge in [0.05, 0.1) is 0 Å². The first-order valence-electron chi connectivity index (χ1n) is 4.05. The van der Waals surface area contributed by atoms with Crippen molar-refractivity contribution >= 4 is 18.6 Å². The van der Waals surface area contributed by atoms with Gasteiger partial charge in [-0.2, -0.15) is 0 Å². The maximum absolute atomic E-state index is 9.60. The van der Waals surface area contributed by atoms with Crippen LogP contribution in [0.1, 0.15) is 6.92 Å². The molecule has 0 fully saturated rings. The monoisotopic (exact) mass is 313 g/mol. The SMILES string of the molecule is CC(=O)OC#N.OB(O)c1ccccc1.[Pd]. The van der Waals surface area contributed by atoms with E-state index in [1.807, 2.05) is 6.07 Å². The third kappa shape index (κ3) is 9.38. The molecule has 1 rings (SSSR count). The van der Waals surface area contributed by atoms with Crippen LogP contribution in [0.5, 0.6) is 0 Å². The molecule has 5 nitrogen and oxygen atoms in total. The summed E-state index contributed by atoms with van der Waals surface area (Å²) >= 11 is 0. The molecule has 0 aliphatic heterocycles. The van der Waals surface area contributed by atoms with Crippen molar-refractivity contribution in [2.24, 2.45) is 0 Å². The molecule has 7 heteroatoms. The summed E-state index contributed by atoms with van der Waals surface area (Å²) in [5.41, 5.74) is 0.525. The molecule has 0 radical (unpaired) electrons. The standard InChI is InChI=1S/C6H7BO2.C3H3NO2.Pd/c8-7(9)6-4-2-1-3-5-6;1-3(5)6-2-4;/h1-5,8-9H;1H3;. The number of nitriles is 1.